The number of hydrogen-bond donors (Lipinski definition) is 2. The topological polar surface area (TPSA) is 128 Å². The van der Waals surface area contributed by atoms with Gasteiger partial charge >= 0.3 is 0 Å². The lowest BCUT2D eigenvalue weighted by atomic mass is 10.1. The van der Waals surface area contributed by atoms with Gasteiger partial charge in [0.15, 0.2) is 6.29 Å². The summed E-state index contributed by atoms with van der Waals surface area (Å²) < 4.78 is 60.7. The van der Waals surface area contributed by atoms with Crippen LogP contribution in [0.15, 0.2) is 14.5 Å². The van der Waals surface area contributed by atoms with Crippen LogP contribution in [0.1, 0.15) is 31.9 Å². The first-order chi connectivity index (χ1) is 12.1. The number of nitrogens with one attached hydrogen (secondary N) is 1. The van der Waals surface area contributed by atoms with Crippen molar-refractivity contribution in [2.24, 2.45) is 5.14 Å². The van der Waals surface area contributed by atoms with Crippen LogP contribution in [0.2, 0.25) is 0 Å². The maximum absolute atomic E-state index is 12.9. The minimum Gasteiger partial charge on any atom is -0.356 e. The van der Waals surface area contributed by atoms with E-state index >= 15 is 0 Å². The molecular formula is C14H26ClN3O6S3. The van der Waals surface area contributed by atoms with E-state index in [4.69, 9.17) is 14.6 Å². The van der Waals surface area contributed by atoms with E-state index in [9.17, 15) is 16.8 Å². The van der Waals surface area contributed by atoms with Crippen molar-refractivity contribution in [1.82, 2.24) is 9.62 Å². The number of primary sulfonamides is 1. The maximum Gasteiger partial charge on any atom is 0.253 e. The van der Waals surface area contributed by atoms with Crippen LogP contribution in [0.3, 0.4) is 0 Å². The maximum atomic E-state index is 12.9. The fraction of sp³-hybridized carbons (Fsp3) is 0.714. The molecule has 0 saturated carbocycles. The molecule has 13 heteroatoms. The summed E-state index contributed by atoms with van der Waals surface area (Å²) in [5.74, 6) is 0. The second-order valence-corrected chi connectivity index (χ2v) is 10.9. The fourth-order valence-corrected chi connectivity index (χ4v) is 6.81. The predicted octanol–water partition coefficient (Wildman–Crippen LogP) is 0.871. The predicted molar refractivity (Wildman–Crippen MR) is 105 cm³/mol. The Bertz CT molecular complexity index is 827. The number of nitrogens with two attached hydrogens (primary N) is 1. The smallest absolute Gasteiger partial charge is 0.253 e. The molecule has 0 aliphatic carbocycles. The van der Waals surface area contributed by atoms with Crippen LogP contribution < -0.4 is 10.5 Å². The monoisotopic (exact) mass is 463 g/mol. The van der Waals surface area contributed by atoms with Gasteiger partial charge in [-0.3, -0.25) is 0 Å². The van der Waals surface area contributed by atoms with E-state index in [-0.39, 0.29) is 46.6 Å². The second kappa shape index (κ2) is 9.94. The Labute approximate surface area is 170 Å². The molecule has 1 aliphatic heterocycles. The number of sulfonamides is 2. The third kappa shape index (κ3) is 5.84. The van der Waals surface area contributed by atoms with E-state index < -0.39 is 26.3 Å². The van der Waals surface area contributed by atoms with Crippen molar-refractivity contribution in [2.45, 2.75) is 41.0 Å². The second-order valence-electron chi connectivity index (χ2n) is 5.90. The molecular weight excluding hydrogens is 438 g/mol. The van der Waals surface area contributed by atoms with Crippen LogP contribution in [-0.4, -0.2) is 60.8 Å². The van der Waals surface area contributed by atoms with Crippen molar-refractivity contribution in [1.29, 1.82) is 0 Å². The number of hydrogen-bond acceptors (Lipinski definition) is 8. The van der Waals surface area contributed by atoms with Crippen LogP contribution in [0.5, 0.6) is 0 Å². The first-order valence-electron chi connectivity index (χ1n) is 8.15. The summed E-state index contributed by atoms with van der Waals surface area (Å²) >= 11 is 0.686. The van der Waals surface area contributed by atoms with Gasteiger partial charge in [0.2, 0.25) is 10.0 Å². The number of methoxy groups -OCH3 is 1. The third-order valence-electron chi connectivity index (χ3n) is 3.98. The van der Waals surface area contributed by atoms with Crippen molar-refractivity contribution < 1.29 is 26.3 Å². The quantitative estimate of drug-likeness (QED) is 0.520. The molecule has 1 aromatic heterocycles. The van der Waals surface area contributed by atoms with E-state index in [0.717, 1.165) is 6.42 Å². The van der Waals surface area contributed by atoms with Gasteiger partial charge in [-0.2, -0.15) is 4.31 Å². The standard InChI is InChI=1S/C14H25N3O6S3.ClH/c1-4-5-16-12-9-17(6-7-23-10(2)22-3)26(20,21)14-11(12)8-13(24-14)25(15,18)19;/h8,10,12,16H,4-7,9H2,1-3H3,(H2,15,18,19);1H/t10?,12-;/m0./s1. The molecule has 3 N–H and O–H groups in total. The van der Waals surface area contributed by atoms with Gasteiger partial charge in [-0.1, -0.05) is 6.92 Å². The van der Waals surface area contributed by atoms with Crippen molar-refractivity contribution in [3.63, 3.8) is 0 Å². The average molecular weight is 464 g/mol. The highest BCUT2D eigenvalue weighted by molar-refractivity contribution is 7.94. The summed E-state index contributed by atoms with van der Waals surface area (Å²) in [5, 5.41) is 8.46. The molecule has 0 aromatic carbocycles. The number of halogens is 1. The zero-order valence-electron chi connectivity index (χ0n) is 15.4. The number of fused-ring (bicyclic) bond motifs is 1. The van der Waals surface area contributed by atoms with Crippen molar-refractivity contribution in [2.75, 3.05) is 33.4 Å². The summed E-state index contributed by atoms with van der Waals surface area (Å²) in [6.07, 6.45) is 0.418. The lowest BCUT2D eigenvalue weighted by molar-refractivity contribution is -0.111. The molecule has 9 nitrogen and oxygen atoms in total. The minimum atomic E-state index is -3.97. The van der Waals surface area contributed by atoms with Crippen LogP contribution >= 0.6 is 23.7 Å². The van der Waals surface area contributed by atoms with Crippen molar-refractivity contribution in [3.05, 3.63) is 11.6 Å². The van der Waals surface area contributed by atoms with Crippen molar-refractivity contribution in [3.8, 4) is 0 Å². The normalized spacial score (nSPS) is 20.7. The third-order valence-corrected chi connectivity index (χ3v) is 8.95. The van der Waals surface area contributed by atoms with Crippen LogP contribution in [0.4, 0.5) is 0 Å². The van der Waals surface area contributed by atoms with Crippen LogP contribution in [-0.2, 0) is 29.5 Å². The number of rotatable bonds is 9. The number of nitrogens with zero attached hydrogens (tertiary/aromatic N) is 1. The van der Waals surface area contributed by atoms with Gasteiger partial charge < -0.3 is 14.8 Å². The molecule has 0 saturated heterocycles. The van der Waals surface area contributed by atoms with E-state index in [2.05, 4.69) is 5.32 Å². The molecule has 0 fully saturated rings. The Morgan fingerprint density at radius 2 is 2.15 bits per heavy atom. The van der Waals surface area contributed by atoms with Gasteiger partial charge in [-0.05, 0) is 26.0 Å². The summed E-state index contributed by atoms with van der Waals surface area (Å²) in [7, 11) is -6.29. The number of thiophene rings is 1. The average Bonchev–Trinajstić information content (AvgIpc) is 3.02. The van der Waals surface area contributed by atoms with Gasteiger partial charge in [0, 0.05) is 31.8 Å². The highest BCUT2D eigenvalue weighted by atomic mass is 35.5. The lowest BCUT2D eigenvalue weighted by Gasteiger charge is -2.32. The summed E-state index contributed by atoms with van der Waals surface area (Å²) in [6, 6.07) is 1.06. The highest BCUT2D eigenvalue weighted by Crippen LogP contribution is 2.39. The zero-order valence-corrected chi connectivity index (χ0v) is 18.6. The fourth-order valence-electron chi connectivity index (χ4n) is 2.56. The molecule has 0 bridgehead atoms. The lowest BCUT2D eigenvalue weighted by Crippen LogP contribution is -2.45. The van der Waals surface area contributed by atoms with Crippen molar-refractivity contribution >= 4 is 43.8 Å². The number of ether oxygens (including phenoxy) is 2. The van der Waals surface area contributed by atoms with E-state index in [1.807, 2.05) is 6.92 Å². The molecule has 0 radical (unpaired) electrons. The summed E-state index contributed by atoms with van der Waals surface area (Å²) in [5.41, 5.74) is 0.454. The van der Waals surface area contributed by atoms with E-state index in [1.54, 1.807) is 6.92 Å². The molecule has 1 unspecified atom stereocenters. The van der Waals surface area contributed by atoms with Crippen LogP contribution in [0.25, 0.3) is 0 Å². The van der Waals surface area contributed by atoms with Gasteiger partial charge in [-0.15, -0.1) is 23.7 Å². The molecule has 158 valence electrons. The molecule has 2 atom stereocenters. The van der Waals surface area contributed by atoms with Gasteiger partial charge in [0.05, 0.1) is 6.61 Å². The Morgan fingerprint density at radius 3 is 2.70 bits per heavy atom. The van der Waals surface area contributed by atoms with Gasteiger partial charge in [-0.25, -0.2) is 22.0 Å². The van der Waals surface area contributed by atoms with E-state index in [0.29, 0.717) is 23.4 Å². The largest absolute Gasteiger partial charge is 0.356 e. The SMILES string of the molecule is CCCN[C@H]1CN(CCOC(C)OC)S(=O)(=O)c2sc(S(N)(=O)=O)cc21.Cl. The first kappa shape index (κ1) is 24.7. The molecule has 1 aromatic rings. The Kier molecular flexibility index (Phi) is 9.10. The van der Waals surface area contributed by atoms with Crippen LogP contribution in [0, 0.1) is 0 Å². The molecule has 1 aliphatic rings. The first-order valence-corrected chi connectivity index (χ1v) is 12.0. The molecule has 0 amide bonds. The van der Waals surface area contributed by atoms with Gasteiger partial charge in [0.1, 0.15) is 8.42 Å². The highest BCUT2D eigenvalue weighted by Gasteiger charge is 2.39. The van der Waals surface area contributed by atoms with Gasteiger partial charge in [0.25, 0.3) is 10.0 Å². The molecule has 2 heterocycles. The zero-order chi connectivity index (χ0) is 19.5. The minimum absolute atomic E-state index is 0. The summed E-state index contributed by atoms with van der Waals surface area (Å²) in [6.45, 7) is 4.89. The van der Waals surface area contributed by atoms with E-state index in [1.165, 1.54) is 17.5 Å². The Hall–Kier alpha value is -0.310. The molecule has 2 rings (SSSR count). The molecule has 27 heavy (non-hydrogen) atoms. The summed E-state index contributed by atoms with van der Waals surface area (Å²) in [4.78, 5) is 0. The molecule has 0 spiro atoms. The Balaban J connectivity index is 0.00000364. The Morgan fingerprint density at radius 1 is 1.48 bits per heavy atom.